The lowest BCUT2D eigenvalue weighted by molar-refractivity contribution is 0.406. The first kappa shape index (κ1) is 16.5. The van der Waals surface area contributed by atoms with Gasteiger partial charge in [0.05, 0.1) is 7.11 Å². The highest BCUT2D eigenvalue weighted by Crippen LogP contribution is 2.24. The molecule has 1 rings (SSSR count). The van der Waals surface area contributed by atoms with Gasteiger partial charge in [-0.05, 0) is 62.4 Å². The topological polar surface area (TPSA) is 21.3 Å². The number of halogens is 1. The van der Waals surface area contributed by atoms with Crippen LogP contribution < -0.4 is 10.1 Å². The molecule has 0 bridgehead atoms. The molecule has 0 aliphatic heterocycles. The average molecular weight is 328 g/mol. The number of hydrogen-bond acceptors (Lipinski definition) is 2. The summed E-state index contributed by atoms with van der Waals surface area (Å²) in [5.74, 6) is 0.998. The van der Waals surface area contributed by atoms with Gasteiger partial charge in [-0.25, -0.2) is 0 Å². The van der Waals surface area contributed by atoms with Crippen LogP contribution in [0.2, 0.25) is 0 Å². The van der Waals surface area contributed by atoms with E-state index in [2.05, 4.69) is 41.2 Å². The molecule has 2 nitrogen and oxygen atoms in total. The first-order valence-corrected chi connectivity index (χ1v) is 8.06. The van der Waals surface area contributed by atoms with Crippen LogP contribution in [0.15, 0.2) is 22.7 Å². The maximum Gasteiger partial charge on any atom is 0.122 e. The molecule has 0 aliphatic carbocycles. The lowest BCUT2D eigenvalue weighted by Gasteiger charge is -2.16. The van der Waals surface area contributed by atoms with E-state index in [1.807, 2.05) is 12.1 Å². The van der Waals surface area contributed by atoms with Gasteiger partial charge in [0.1, 0.15) is 5.75 Å². The van der Waals surface area contributed by atoms with Gasteiger partial charge in [-0.15, -0.1) is 0 Å². The van der Waals surface area contributed by atoms with Crippen LogP contribution in [0.3, 0.4) is 0 Å². The highest BCUT2D eigenvalue weighted by Gasteiger charge is 2.07. The number of ether oxygens (including phenoxy) is 1. The molecule has 19 heavy (non-hydrogen) atoms. The second-order valence-corrected chi connectivity index (χ2v) is 5.82. The molecule has 1 atom stereocenters. The molecular weight excluding hydrogens is 302 g/mol. The van der Waals surface area contributed by atoms with Crippen molar-refractivity contribution in [1.29, 1.82) is 0 Å². The molecule has 1 aromatic carbocycles. The Kier molecular flexibility index (Phi) is 8.15. The summed E-state index contributed by atoms with van der Waals surface area (Å²) in [6.45, 7) is 5.60. The van der Waals surface area contributed by atoms with E-state index in [9.17, 15) is 0 Å². The Labute approximate surface area is 126 Å². The van der Waals surface area contributed by atoms with Crippen molar-refractivity contribution in [1.82, 2.24) is 5.32 Å². The molecule has 1 aromatic rings. The predicted molar refractivity (Wildman–Crippen MR) is 86.0 cm³/mol. The number of methoxy groups -OCH3 is 1. The average Bonchev–Trinajstić information content (AvgIpc) is 2.43. The summed E-state index contributed by atoms with van der Waals surface area (Å²) in [6, 6.07) is 6.88. The maximum absolute atomic E-state index is 5.41. The lowest BCUT2D eigenvalue weighted by Crippen LogP contribution is -2.29. The zero-order chi connectivity index (χ0) is 14.1. The molecule has 3 heteroatoms. The highest BCUT2D eigenvalue weighted by molar-refractivity contribution is 9.10. The number of aryl methyl sites for hydroxylation is 1. The summed E-state index contributed by atoms with van der Waals surface area (Å²) in [6.07, 6.45) is 5.91. The van der Waals surface area contributed by atoms with Gasteiger partial charge in [0.2, 0.25) is 0 Å². The van der Waals surface area contributed by atoms with Gasteiger partial charge >= 0.3 is 0 Å². The van der Waals surface area contributed by atoms with Crippen molar-refractivity contribution in [3.8, 4) is 5.75 Å². The minimum atomic E-state index is 0.651. The van der Waals surface area contributed by atoms with Crippen molar-refractivity contribution in [3.63, 3.8) is 0 Å². The summed E-state index contributed by atoms with van der Waals surface area (Å²) < 4.78 is 6.54. The minimum absolute atomic E-state index is 0.651. The van der Waals surface area contributed by atoms with E-state index >= 15 is 0 Å². The second kappa shape index (κ2) is 9.38. The molecule has 1 N–H and O–H groups in total. The molecule has 0 saturated heterocycles. The van der Waals surface area contributed by atoms with Gasteiger partial charge in [0.15, 0.2) is 0 Å². The third-order valence-corrected chi connectivity index (χ3v) is 3.91. The molecule has 108 valence electrons. The molecular formula is C16H26BrNO. The largest absolute Gasteiger partial charge is 0.496 e. The third kappa shape index (κ3) is 5.96. The smallest absolute Gasteiger partial charge is 0.122 e. The van der Waals surface area contributed by atoms with Crippen molar-refractivity contribution in [2.75, 3.05) is 13.7 Å². The Bertz CT molecular complexity index is 368. The quantitative estimate of drug-likeness (QED) is 0.717. The fraction of sp³-hybridized carbons (Fsp3) is 0.625. The monoisotopic (exact) mass is 327 g/mol. The van der Waals surface area contributed by atoms with E-state index in [4.69, 9.17) is 4.74 Å². The number of nitrogens with one attached hydrogen (secondary N) is 1. The van der Waals surface area contributed by atoms with Gasteiger partial charge < -0.3 is 10.1 Å². The van der Waals surface area contributed by atoms with Crippen molar-refractivity contribution in [3.05, 3.63) is 28.2 Å². The van der Waals surface area contributed by atoms with Crippen LogP contribution in [0.1, 0.15) is 45.1 Å². The summed E-state index contributed by atoms with van der Waals surface area (Å²) in [7, 11) is 1.74. The molecule has 0 radical (unpaired) electrons. The van der Waals surface area contributed by atoms with Crippen LogP contribution in [0.5, 0.6) is 5.75 Å². The first-order chi connectivity index (χ1) is 9.21. The molecule has 0 aromatic heterocycles. The first-order valence-electron chi connectivity index (χ1n) is 7.27. The fourth-order valence-corrected chi connectivity index (χ4v) is 2.69. The van der Waals surface area contributed by atoms with Gasteiger partial charge in [0.25, 0.3) is 0 Å². The van der Waals surface area contributed by atoms with E-state index in [1.54, 1.807) is 7.11 Å². The van der Waals surface area contributed by atoms with Crippen molar-refractivity contribution in [2.45, 2.75) is 52.0 Å². The SMILES string of the molecule is CCCNC(CC)CCCc1cc(Br)ccc1OC. The summed E-state index contributed by atoms with van der Waals surface area (Å²) in [4.78, 5) is 0. The van der Waals surface area contributed by atoms with Crippen LogP contribution in [0, 0.1) is 0 Å². The normalized spacial score (nSPS) is 12.4. The van der Waals surface area contributed by atoms with Crippen LogP contribution in [-0.2, 0) is 6.42 Å². The number of hydrogen-bond donors (Lipinski definition) is 1. The molecule has 0 fully saturated rings. The van der Waals surface area contributed by atoms with Crippen molar-refractivity contribution >= 4 is 15.9 Å². The molecule has 1 unspecified atom stereocenters. The maximum atomic E-state index is 5.41. The van der Waals surface area contributed by atoms with Crippen molar-refractivity contribution in [2.24, 2.45) is 0 Å². The van der Waals surface area contributed by atoms with Gasteiger partial charge in [-0.3, -0.25) is 0 Å². The lowest BCUT2D eigenvalue weighted by atomic mass is 10.0. The number of benzene rings is 1. The zero-order valence-electron chi connectivity index (χ0n) is 12.3. The van der Waals surface area contributed by atoms with Gasteiger partial charge in [0, 0.05) is 10.5 Å². The molecule has 0 saturated carbocycles. The van der Waals surface area contributed by atoms with E-state index in [0.29, 0.717) is 6.04 Å². The van der Waals surface area contributed by atoms with E-state index < -0.39 is 0 Å². The molecule has 0 heterocycles. The Morgan fingerprint density at radius 1 is 1.32 bits per heavy atom. The standard InChI is InChI=1S/C16H26BrNO/c1-4-11-18-15(5-2)8-6-7-13-12-14(17)9-10-16(13)19-3/h9-10,12,15,18H,4-8,11H2,1-3H3. The van der Waals surface area contributed by atoms with E-state index in [1.165, 1.54) is 31.2 Å². The van der Waals surface area contributed by atoms with Gasteiger partial charge in [-0.2, -0.15) is 0 Å². The Balaban J connectivity index is 2.45. The van der Waals surface area contributed by atoms with E-state index in [0.717, 1.165) is 23.2 Å². The highest BCUT2D eigenvalue weighted by atomic mass is 79.9. The molecule has 0 amide bonds. The fourth-order valence-electron chi connectivity index (χ4n) is 2.28. The summed E-state index contributed by atoms with van der Waals surface area (Å²) in [5, 5.41) is 3.60. The minimum Gasteiger partial charge on any atom is -0.496 e. The second-order valence-electron chi connectivity index (χ2n) is 4.91. The van der Waals surface area contributed by atoms with Crippen LogP contribution in [0.4, 0.5) is 0 Å². The van der Waals surface area contributed by atoms with Crippen LogP contribution >= 0.6 is 15.9 Å². The summed E-state index contributed by atoms with van der Waals surface area (Å²) in [5.41, 5.74) is 1.29. The number of rotatable bonds is 9. The van der Waals surface area contributed by atoms with Gasteiger partial charge in [-0.1, -0.05) is 29.8 Å². The Hall–Kier alpha value is -0.540. The molecule has 0 spiro atoms. The zero-order valence-corrected chi connectivity index (χ0v) is 13.9. The third-order valence-electron chi connectivity index (χ3n) is 3.42. The van der Waals surface area contributed by atoms with Crippen LogP contribution in [-0.4, -0.2) is 19.7 Å². The predicted octanol–water partition coefficient (Wildman–Crippen LogP) is 4.56. The van der Waals surface area contributed by atoms with Crippen LogP contribution in [0.25, 0.3) is 0 Å². The Morgan fingerprint density at radius 3 is 2.74 bits per heavy atom. The Morgan fingerprint density at radius 2 is 2.11 bits per heavy atom. The van der Waals surface area contributed by atoms with E-state index in [-0.39, 0.29) is 0 Å². The summed E-state index contributed by atoms with van der Waals surface area (Å²) >= 11 is 3.53. The molecule has 0 aliphatic rings. The van der Waals surface area contributed by atoms with Crippen molar-refractivity contribution < 1.29 is 4.74 Å².